The molecular weight excluding hydrogens is 314 g/mol. The summed E-state index contributed by atoms with van der Waals surface area (Å²) in [7, 11) is 0. The summed E-state index contributed by atoms with van der Waals surface area (Å²) in [6.45, 7) is 1.22. The minimum atomic E-state index is 0.0146. The van der Waals surface area contributed by atoms with E-state index in [0.717, 1.165) is 23.4 Å². The van der Waals surface area contributed by atoms with Crippen molar-refractivity contribution in [3.05, 3.63) is 83.9 Å². The van der Waals surface area contributed by atoms with E-state index in [1.807, 2.05) is 47.4 Å². The standard InChI is InChI=1S/C20H17N3O2/c24-20(23-11-10-19-16(13-23)12-21-14-22-19)15-6-8-18(9-7-15)25-17-4-2-1-3-5-17/h1-9,12,14H,10-11,13H2. The van der Waals surface area contributed by atoms with Crippen LogP contribution in [0, 0.1) is 0 Å². The third-order valence-electron chi connectivity index (χ3n) is 4.23. The van der Waals surface area contributed by atoms with Crippen molar-refractivity contribution in [3.63, 3.8) is 0 Å². The zero-order valence-electron chi connectivity index (χ0n) is 13.6. The number of carbonyl (C=O) groups is 1. The molecule has 0 spiro atoms. The Morgan fingerprint density at radius 2 is 1.76 bits per heavy atom. The van der Waals surface area contributed by atoms with Crippen LogP contribution < -0.4 is 4.74 Å². The molecule has 0 fully saturated rings. The Labute approximate surface area is 145 Å². The molecule has 0 N–H and O–H groups in total. The molecule has 2 heterocycles. The van der Waals surface area contributed by atoms with Crippen molar-refractivity contribution in [2.45, 2.75) is 13.0 Å². The molecule has 0 aliphatic carbocycles. The fourth-order valence-electron chi connectivity index (χ4n) is 2.91. The van der Waals surface area contributed by atoms with Crippen molar-refractivity contribution in [3.8, 4) is 11.5 Å². The molecule has 1 amide bonds. The van der Waals surface area contributed by atoms with E-state index in [1.165, 1.54) is 0 Å². The molecule has 0 saturated carbocycles. The SMILES string of the molecule is O=C(c1ccc(Oc2ccccc2)cc1)N1CCc2ncncc2C1. The number of nitrogens with zero attached hydrogens (tertiary/aromatic N) is 3. The van der Waals surface area contributed by atoms with Gasteiger partial charge in [0, 0.05) is 36.8 Å². The second-order valence-electron chi connectivity index (χ2n) is 5.91. The van der Waals surface area contributed by atoms with Crippen LogP contribution in [-0.2, 0) is 13.0 Å². The molecule has 0 radical (unpaired) electrons. The van der Waals surface area contributed by atoms with Crippen LogP contribution in [0.1, 0.15) is 21.6 Å². The number of carbonyl (C=O) groups excluding carboxylic acids is 1. The Hall–Kier alpha value is -3.21. The summed E-state index contributed by atoms with van der Waals surface area (Å²) < 4.78 is 5.76. The van der Waals surface area contributed by atoms with Gasteiger partial charge in [-0.3, -0.25) is 4.79 Å². The zero-order valence-corrected chi connectivity index (χ0v) is 13.6. The van der Waals surface area contributed by atoms with Gasteiger partial charge >= 0.3 is 0 Å². The van der Waals surface area contributed by atoms with Gasteiger partial charge in [0.2, 0.25) is 0 Å². The highest BCUT2D eigenvalue weighted by molar-refractivity contribution is 5.94. The maximum Gasteiger partial charge on any atom is 0.254 e. The van der Waals surface area contributed by atoms with E-state index >= 15 is 0 Å². The molecule has 5 nitrogen and oxygen atoms in total. The third-order valence-corrected chi connectivity index (χ3v) is 4.23. The number of benzene rings is 2. The molecule has 1 aromatic heterocycles. The molecule has 3 aromatic rings. The number of para-hydroxylation sites is 1. The van der Waals surface area contributed by atoms with Crippen LogP contribution in [0.2, 0.25) is 0 Å². The van der Waals surface area contributed by atoms with Crippen molar-refractivity contribution in [1.29, 1.82) is 0 Å². The van der Waals surface area contributed by atoms with Gasteiger partial charge in [0.25, 0.3) is 5.91 Å². The van der Waals surface area contributed by atoms with E-state index in [4.69, 9.17) is 4.74 Å². The molecular formula is C20H17N3O2. The van der Waals surface area contributed by atoms with E-state index in [2.05, 4.69) is 9.97 Å². The van der Waals surface area contributed by atoms with Gasteiger partial charge in [-0.05, 0) is 36.4 Å². The van der Waals surface area contributed by atoms with Gasteiger partial charge in [0.15, 0.2) is 0 Å². The molecule has 1 aliphatic rings. The Balaban J connectivity index is 1.46. The molecule has 0 unspecified atom stereocenters. The van der Waals surface area contributed by atoms with Crippen LogP contribution in [-0.4, -0.2) is 27.3 Å². The molecule has 4 rings (SSSR count). The summed E-state index contributed by atoms with van der Waals surface area (Å²) in [5, 5.41) is 0. The van der Waals surface area contributed by atoms with Gasteiger partial charge in [-0.25, -0.2) is 9.97 Å². The van der Waals surface area contributed by atoms with Crippen molar-refractivity contribution in [2.75, 3.05) is 6.54 Å². The van der Waals surface area contributed by atoms with Crippen LogP contribution in [0.15, 0.2) is 67.1 Å². The van der Waals surface area contributed by atoms with E-state index in [1.54, 1.807) is 24.7 Å². The lowest BCUT2D eigenvalue weighted by Crippen LogP contribution is -2.36. The van der Waals surface area contributed by atoms with Crippen LogP contribution in [0.4, 0.5) is 0 Å². The first-order valence-corrected chi connectivity index (χ1v) is 8.19. The highest BCUT2D eigenvalue weighted by Gasteiger charge is 2.22. The first-order chi connectivity index (χ1) is 12.3. The summed E-state index contributed by atoms with van der Waals surface area (Å²) in [5.41, 5.74) is 2.71. The molecule has 0 atom stereocenters. The summed E-state index contributed by atoms with van der Waals surface area (Å²) >= 11 is 0. The normalized spacial score (nSPS) is 13.2. The van der Waals surface area contributed by atoms with Gasteiger partial charge in [0.05, 0.1) is 5.69 Å². The second-order valence-corrected chi connectivity index (χ2v) is 5.91. The maximum atomic E-state index is 12.7. The summed E-state index contributed by atoms with van der Waals surface area (Å²) in [6, 6.07) is 16.8. The van der Waals surface area contributed by atoms with Crippen molar-refractivity contribution in [2.24, 2.45) is 0 Å². The average molecular weight is 331 g/mol. The van der Waals surface area contributed by atoms with Crippen LogP contribution in [0.5, 0.6) is 11.5 Å². The smallest absolute Gasteiger partial charge is 0.254 e. The second kappa shape index (κ2) is 6.73. The number of hydrogen-bond acceptors (Lipinski definition) is 4. The maximum absolute atomic E-state index is 12.7. The minimum Gasteiger partial charge on any atom is -0.457 e. The molecule has 2 aromatic carbocycles. The molecule has 124 valence electrons. The number of aromatic nitrogens is 2. The third kappa shape index (κ3) is 3.35. The Morgan fingerprint density at radius 3 is 2.56 bits per heavy atom. The number of rotatable bonds is 3. The topological polar surface area (TPSA) is 55.3 Å². The van der Waals surface area contributed by atoms with E-state index in [0.29, 0.717) is 24.4 Å². The van der Waals surface area contributed by atoms with Crippen molar-refractivity contribution >= 4 is 5.91 Å². The molecule has 1 aliphatic heterocycles. The van der Waals surface area contributed by atoms with Crippen LogP contribution in [0.25, 0.3) is 0 Å². The first kappa shape index (κ1) is 15.3. The predicted octanol–water partition coefficient (Wildman–Crippen LogP) is 3.47. The minimum absolute atomic E-state index is 0.0146. The highest BCUT2D eigenvalue weighted by atomic mass is 16.5. The lowest BCUT2D eigenvalue weighted by atomic mass is 10.1. The fraction of sp³-hybridized carbons (Fsp3) is 0.150. The summed E-state index contributed by atoms with van der Waals surface area (Å²) in [6.07, 6.45) is 4.11. The predicted molar refractivity (Wildman–Crippen MR) is 93.4 cm³/mol. The van der Waals surface area contributed by atoms with E-state index in [-0.39, 0.29) is 5.91 Å². The summed E-state index contributed by atoms with van der Waals surface area (Å²) in [4.78, 5) is 22.9. The Bertz CT molecular complexity index is 879. The molecule has 0 bridgehead atoms. The molecule has 25 heavy (non-hydrogen) atoms. The van der Waals surface area contributed by atoms with Crippen LogP contribution >= 0.6 is 0 Å². The number of fused-ring (bicyclic) bond motifs is 1. The van der Waals surface area contributed by atoms with Crippen LogP contribution in [0.3, 0.4) is 0 Å². The Kier molecular flexibility index (Phi) is 4.12. The lowest BCUT2D eigenvalue weighted by molar-refractivity contribution is 0.0733. The van der Waals surface area contributed by atoms with Crippen molar-refractivity contribution in [1.82, 2.24) is 14.9 Å². The molecule has 5 heteroatoms. The highest BCUT2D eigenvalue weighted by Crippen LogP contribution is 2.23. The van der Waals surface area contributed by atoms with E-state index in [9.17, 15) is 4.79 Å². The van der Waals surface area contributed by atoms with Gasteiger partial charge in [-0.1, -0.05) is 18.2 Å². The average Bonchev–Trinajstić information content (AvgIpc) is 2.68. The van der Waals surface area contributed by atoms with E-state index < -0.39 is 0 Å². The van der Waals surface area contributed by atoms with Gasteiger partial charge in [-0.2, -0.15) is 0 Å². The fourth-order valence-corrected chi connectivity index (χ4v) is 2.91. The summed E-state index contributed by atoms with van der Waals surface area (Å²) in [5.74, 6) is 1.50. The number of amides is 1. The van der Waals surface area contributed by atoms with Gasteiger partial charge < -0.3 is 9.64 Å². The van der Waals surface area contributed by atoms with Crippen molar-refractivity contribution < 1.29 is 9.53 Å². The monoisotopic (exact) mass is 331 g/mol. The Morgan fingerprint density at radius 1 is 1.00 bits per heavy atom. The largest absolute Gasteiger partial charge is 0.457 e. The molecule has 0 saturated heterocycles. The quantitative estimate of drug-likeness (QED) is 0.737. The first-order valence-electron chi connectivity index (χ1n) is 8.19. The van der Waals surface area contributed by atoms with Gasteiger partial charge in [-0.15, -0.1) is 0 Å². The number of hydrogen-bond donors (Lipinski definition) is 0. The number of ether oxygens (including phenoxy) is 1. The zero-order chi connectivity index (χ0) is 17.1. The van der Waals surface area contributed by atoms with Gasteiger partial charge in [0.1, 0.15) is 17.8 Å². The lowest BCUT2D eigenvalue weighted by Gasteiger charge is -2.27.